The maximum atomic E-state index is 13.6. The average Bonchev–Trinajstić information content (AvgIpc) is 2.76. The Morgan fingerprint density at radius 3 is 2.69 bits per heavy atom. The van der Waals surface area contributed by atoms with Crippen molar-refractivity contribution in [1.82, 2.24) is 0 Å². The van der Waals surface area contributed by atoms with Crippen molar-refractivity contribution >= 4 is 49.1 Å². The van der Waals surface area contributed by atoms with Gasteiger partial charge in [-0.3, -0.25) is 4.31 Å². The van der Waals surface area contributed by atoms with Crippen LogP contribution in [-0.4, -0.2) is 45.8 Å². The minimum absolute atomic E-state index is 0.0128. The normalized spacial score (nSPS) is 21.3. The molecule has 5 nitrogen and oxygen atoms in total. The van der Waals surface area contributed by atoms with Gasteiger partial charge in [0.1, 0.15) is 0 Å². The third kappa shape index (κ3) is 4.62. The Balaban J connectivity index is 1.74. The molecule has 2 aliphatic heterocycles. The van der Waals surface area contributed by atoms with E-state index in [1.165, 1.54) is 10.4 Å². The van der Waals surface area contributed by atoms with Gasteiger partial charge < -0.3 is 9.64 Å². The van der Waals surface area contributed by atoms with E-state index >= 15 is 0 Å². The van der Waals surface area contributed by atoms with Crippen LogP contribution < -0.4 is 9.21 Å². The molecule has 2 aromatic rings. The van der Waals surface area contributed by atoms with Gasteiger partial charge in [0.05, 0.1) is 46.5 Å². The first-order valence-electron chi connectivity index (χ1n) is 9.98. The molecular weight excluding hydrogens is 529 g/mol. The molecule has 1 fully saturated rings. The lowest BCUT2D eigenvalue weighted by molar-refractivity contribution is -0.137. The van der Waals surface area contributed by atoms with Crippen molar-refractivity contribution in [3.8, 4) is 0 Å². The van der Waals surface area contributed by atoms with Crippen molar-refractivity contribution in [3.05, 3.63) is 52.5 Å². The summed E-state index contributed by atoms with van der Waals surface area (Å²) in [6.45, 7) is 0.858. The fourth-order valence-electron chi connectivity index (χ4n) is 4.24. The van der Waals surface area contributed by atoms with Crippen LogP contribution in [0.15, 0.2) is 51.8 Å². The lowest BCUT2D eigenvalue weighted by atomic mass is 9.96. The summed E-state index contributed by atoms with van der Waals surface area (Å²) in [6, 6.07) is 9.16. The van der Waals surface area contributed by atoms with Gasteiger partial charge in [-0.15, -0.1) is 11.8 Å². The zero-order valence-corrected chi connectivity index (χ0v) is 20.4. The molecule has 2 atom stereocenters. The first-order chi connectivity index (χ1) is 15.1. The second-order valence-corrected chi connectivity index (χ2v) is 11.4. The summed E-state index contributed by atoms with van der Waals surface area (Å²) < 4.78 is 74.6. The predicted molar refractivity (Wildman–Crippen MR) is 124 cm³/mol. The lowest BCUT2D eigenvalue weighted by Crippen LogP contribution is -2.55. The summed E-state index contributed by atoms with van der Waals surface area (Å²) in [5.74, 6) is 0.563. The Morgan fingerprint density at radius 2 is 1.97 bits per heavy atom. The van der Waals surface area contributed by atoms with Gasteiger partial charge in [-0.2, -0.15) is 13.2 Å². The first-order valence-corrected chi connectivity index (χ1v) is 13.6. The Labute approximate surface area is 198 Å². The van der Waals surface area contributed by atoms with Crippen LogP contribution in [0.25, 0.3) is 0 Å². The van der Waals surface area contributed by atoms with Gasteiger partial charge in [-0.05, 0) is 55.5 Å². The summed E-state index contributed by atoms with van der Waals surface area (Å²) in [7, 11) is -4.22. The number of anilines is 2. The Hall–Kier alpha value is -1.43. The summed E-state index contributed by atoms with van der Waals surface area (Å²) in [5, 5.41) is 0. The molecule has 0 spiro atoms. The molecule has 2 heterocycles. The molecule has 2 aromatic carbocycles. The van der Waals surface area contributed by atoms with Crippen LogP contribution >= 0.6 is 27.7 Å². The number of hydrogen-bond donors (Lipinski definition) is 0. The number of halogens is 4. The molecule has 0 saturated carbocycles. The first kappa shape index (κ1) is 23.7. The number of alkyl halides is 3. The van der Waals surface area contributed by atoms with Crippen molar-refractivity contribution in [1.29, 1.82) is 0 Å². The van der Waals surface area contributed by atoms with Crippen molar-refractivity contribution in [2.45, 2.75) is 36.1 Å². The van der Waals surface area contributed by atoms with Crippen molar-refractivity contribution in [2.75, 3.05) is 34.5 Å². The van der Waals surface area contributed by atoms with Gasteiger partial charge in [0.2, 0.25) is 0 Å². The molecule has 0 bridgehead atoms. The van der Waals surface area contributed by atoms with Crippen LogP contribution in [0.1, 0.15) is 18.4 Å². The molecule has 0 radical (unpaired) electrons. The third-order valence-electron chi connectivity index (χ3n) is 5.73. The third-order valence-corrected chi connectivity index (χ3v) is 8.37. The van der Waals surface area contributed by atoms with E-state index in [1.54, 1.807) is 17.8 Å². The number of piperidine rings is 1. The summed E-state index contributed by atoms with van der Waals surface area (Å²) in [6.07, 6.45) is -1.19. The molecule has 1 unspecified atom stereocenters. The topological polar surface area (TPSA) is 49.9 Å². The highest BCUT2D eigenvalue weighted by molar-refractivity contribution is 9.10. The van der Waals surface area contributed by atoms with E-state index in [0.717, 1.165) is 30.8 Å². The number of nitrogens with zero attached hydrogens (tertiary/aromatic N) is 2. The van der Waals surface area contributed by atoms with Crippen LogP contribution in [0.4, 0.5) is 24.5 Å². The monoisotopic (exact) mass is 550 g/mol. The van der Waals surface area contributed by atoms with Gasteiger partial charge in [0.25, 0.3) is 10.0 Å². The minimum atomic E-state index is -4.63. The van der Waals surface area contributed by atoms with E-state index in [1.807, 2.05) is 18.4 Å². The van der Waals surface area contributed by atoms with Gasteiger partial charge in [0, 0.05) is 11.0 Å². The Morgan fingerprint density at radius 1 is 1.19 bits per heavy atom. The van der Waals surface area contributed by atoms with Crippen LogP contribution in [0, 0.1) is 0 Å². The van der Waals surface area contributed by atoms with E-state index in [9.17, 15) is 21.6 Å². The van der Waals surface area contributed by atoms with Gasteiger partial charge in [0.15, 0.2) is 0 Å². The lowest BCUT2D eigenvalue weighted by Gasteiger charge is -2.48. The largest absolute Gasteiger partial charge is 0.416 e. The van der Waals surface area contributed by atoms with Gasteiger partial charge in [-0.1, -0.05) is 22.0 Å². The number of ether oxygens (including phenoxy) is 1. The van der Waals surface area contributed by atoms with Crippen LogP contribution in [-0.2, 0) is 20.9 Å². The van der Waals surface area contributed by atoms with Crippen LogP contribution in [0.3, 0.4) is 0 Å². The van der Waals surface area contributed by atoms with E-state index in [0.29, 0.717) is 28.6 Å². The number of thioether (sulfide) groups is 1. The molecule has 11 heteroatoms. The summed E-state index contributed by atoms with van der Waals surface area (Å²) >= 11 is 4.97. The molecule has 2 aliphatic rings. The highest BCUT2D eigenvalue weighted by Gasteiger charge is 2.41. The maximum Gasteiger partial charge on any atom is 0.416 e. The van der Waals surface area contributed by atoms with E-state index in [2.05, 4.69) is 20.8 Å². The average molecular weight is 551 g/mol. The fourth-order valence-corrected chi connectivity index (χ4v) is 6.47. The summed E-state index contributed by atoms with van der Waals surface area (Å²) in [5.41, 5.74) is 0.217. The SMILES string of the molecule is CSCOC1CCN2c3ccc(Br)cc3N(S(=O)(=O)c3cccc(C(F)(F)F)c3)C[C@@H]2C1. The fraction of sp³-hybridized carbons (Fsp3) is 0.429. The molecule has 0 aromatic heterocycles. The van der Waals surface area contributed by atoms with E-state index in [-0.39, 0.29) is 23.6 Å². The van der Waals surface area contributed by atoms with Crippen LogP contribution in [0.2, 0.25) is 0 Å². The standard InChI is InChI=1S/C21H22BrF3N2O3S2/c1-31-13-30-17-7-8-26-16(11-17)12-27(20-10-15(22)5-6-19(20)26)32(28,29)18-4-2-3-14(9-18)21(23,24)25/h2-6,9-10,16-17H,7-8,11-13H2,1H3/t16-,17?/m0/s1. The minimum Gasteiger partial charge on any atom is -0.367 e. The zero-order chi connectivity index (χ0) is 23.1. The molecule has 0 aliphatic carbocycles. The quantitative estimate of drug-likeness (QED) is 0.469. The number of fused-ring (bicyclic) bond motifs is 3. The van der Waals surface area contributed by atoms with Crippen molar-refractivity contribution in [2.24, 2.45) is 0 Å². The molecule has 174 valence electrons. The van der Waals surface area contributed by atoms with Gasteiger partial charge >= 0.3 is 6.18 Å². The number of hydrogen-bond acceptors (Lipinski definition) is 5. The van der Waals surface area contributed by atoms with Crippen molar-refractivity contribution in [3.63, 3.8) is 0 Å². The number of benzene rings is 2. The second-order valence-electron chi connectivity index (χ2n) is 7.76. The second kappa shape index (κ2) is 9.08. The number of sulfonamides is 1. The van der Waals surface area contributed by atoms with E-state index in [4.69, 9.17) is 4.74 Å². The molecule has 0 amide bonds. The predicted octanol–water partition coefficient (Wildman–Crippen LogP) is 5.35. The van der Waals surface area contributed by atoms with Crippen LogP contribution in [0.5, 0.6) is 0 Å². The van der Waals surface area contributed by atoms with Crippen molar-refractivity contribution < 1.29 is 26.3 Å². The molecule has 1 saturated heterocycles. The molecule has 4 rings (SSSR count). The molecular formula is C21H22BrF3N2O3S2. The van der Waals surface area contributed by atoms with E-state index < -0.39 is 21.8 Å². The highest BCUT2D eigenvalue weighted by atomic mass is 79.9. The Bertz CT molecular complexity index is 1100. The number of rotatable bonds is 5. The smallest absolute Gasteiger partial charge is 0.367 e. The van der Waals surface area contributed by atoms with Gasteiger partial charge in [-0.25, -0.2) is 8.42 Å². The zero-order valence-electron chi connectivity index (χ0n) is 17.2. The molecule has 32 heavy (non-hydrogen) atoms. The molecule has 0 N–H and O–H groups in total. The highest BCUT2D eigenvalue weighted by Crippen LogP contribution is 2.43. The Kier molecular flexibility index (Phi) is 6.73. The summed E-state index contributed by atoms with van der Waals surface area (Å²) in [4.78, 5) is 1.80. The maximum absolute atomic E-state index is 13.6.